The molecule has 0 bridgehead atoms. The van der Waals surface area contributed by atoms with Crippen LogP contribution in [0.4, 0.5) is 0 Å². The van der Waals surface area contributed by atoms with Crippen LogP contribution in [0.3, 0.4) is 0 Å². The third-order valence-electron chi connectivity index (χ3n) is 4.76. The van der Waals surface area contributed by atoms with E-state index in [0.717, 1.165) is 22.4 Å². The fraction of sp³-hybridized carbons (Fsp3) is 0.136. The minimum atomic E-state index is -3.69. The molecule has 1 aliphatic heterocycles. The highest BCUT2D eigenvalue weighted by Gasteiger charge is 2.35. The van der Waals surface area contributed by atoms with E-state index in [9.17, 15) is 8.42 Å². The molecule has 1 heterocycles. The van der Waals surface area contributed by atoms with Crippen LogP contribution in [0.1, 0.15) is 22.6 Å². The zero-order chi connectivity index (χ0) is 18.9. The summed E-state index contributed by atoms with van der Waals surface area (Å²) in [4.78, 5) is 0.262. The van der Waals surface area contributed by atoms with Crippen molar-refractivity contribution in [1.29, 1.82) is 0 Å². The van der Waals surface area contributed by atoms with Crippen LogP contribution < -0.4 is 0 Å². The van der Waals surface area contributed by atoms with Crippen LogP contribution in [0.5, 0.6) is 0 Å². The third kappa shape index (κ3) is 3.38. The first-order valence-electron chi connectivity index (χ1n) is 8.84. The second-order valence-electron chi connectivity index (χ2n) is 6.64. The largest absolute Gasteiger partial charge is 0.279 e. The van der Waals surface area contributed by atoms with E-state index in [0.29, 0.717) is 6.54 Å². The first-order valence-corrected chi connectivity index (χ1v) is 10.3. The molecule has 0 radical (unpaired) electrons. The smallest absolute Gasteiger partial charge is 0.200 e. The van der Waals surface area contributed by atoms with E-state index in [1.165, 1.54) is 4.41 Å². The lowest BCUT2D eigenvalue weighted by atomic mass is 9.91. The number of benzene rings is 3. The highest BCUT2D eigenvalue weighted by atomic mass is 32.2. The molecule has 0 spiro atoms. The Kier molecular flexibility index (Phi) is 4.54. The van der Waals surface area contributed by atoms with Crippen LogP contribution in [0, 0.1) is 6.92 Å². The molecule has 0 amide bonds. The van der Waals surface area contributed by atoms with E-state index in [1.807, 2.05) is 67.6 Å². The Hall–Kier alpha value is -2.92. The monoisotopic (exact) mass is 376 g/mol. The normalized spacial score (nSPS) is 17.0. The van der Waals surface area contributed by atoms with Crippen molar-refractivity contribution in [3.63, 3.8) is 0 Å². The number of hydrazone groups is 1. The van der Waals surface area contributed by atoms with Crippen LogP contribution in [0.2, 0.25) is 0 Å². The lowest BCUT2D eigenvalue weighted by Crippen LogP contribution is -2.26. The maximum absolute atomic E-state index is 13.1. The Bertz CT molecular complexity index is 1060. The molecule has 5 heteroatoms. The summed E-state index contributed by atoms with van der Waals surface area (Å²) >= 11 is 0. The van der Waals surface area contributed by atoms with Gasteiger partial charge < -0.3 is 0 Å². The molecule has 3 aromatic carbocycles. The van der Waals surface area contributed by atoms with Gasteiger partial charge in [-0.25, -0.2) is 0 Å². The van der Waals surface area contributed by atoms with E-state index < -0.39 is 10.0 Å². The number of sulfonamides is 1. The molecule has 0 N–H and O–H groups in total. The molecule has 4 nitrogen and oxygen atoms in total. The van der Waals surface area contributed by atoms with Gasteiger partial charge in [-0.15, -0.1) is 0 Å². The Balaban J connectivity index is 1.77. The Morgan fingerprint density at radius 1 is 0.852 bits per heavy atom. The van der Waals surface area contributed by atoms with Crippen LogP contribution >= 0.6 is 0 Å². The third-order valence-corrected chi connectivity index (χ3v) is 6.41. The van der Waals surface area contributed by atoms with Crippen LogP contribution in [0.15, 0.2) is 94.9 Å². The lowest BCUT2D eigenvalue weighted by Gasteiger charge is -2.17. The van der Waals surface area contributed by atoms with Crippen molar-refractivity contribution in [2.75, 3.05) is 6.54 Å². The van der Waals surface area contributed by atoms with E-state index in [4.69, 9.17) is 0 Å². The van der Waals surface area contributed by atoms with E-state index in [2.05, 4.69) is 5.10 Å². The summed E-state index contributed by atoms with van der Waals surface area (Å²) in [7, 11) is -3.69. The molecule has 0 aliphatic carbocycles. The number of hydrogen-bond donors (Lipinski definition) is 0. The fourth-order valence-electron chi connectivity index (χ4n) is 3.27. The number of aryl methyl sites for hydroxylation is 1. The van der Waals surface area contributed by atoms with Crippen molar-refractivity contribution in [3.8, 4) is 0 Å². The van der Waals surface area contributed by atoms with Gasteiger partial charge in [0.15, 0.2) is 0 Å². The summed E-state index contributed by atoms with van der Waals surface area (Å²) in [6, 6.07) is 26.6. The first kappa shape index (κ1) is 17.5. The molecule has 136 valence electrons. The summed E-state index contributed by atoms with van der Waals surface area (Å²) < 4.78 is 27.5. The average Bonchev–Trinajstić information content (AvgIpc) is 3.16. The summed E-state index contributed by atoms with van der Waals surface area (Å²) in [5.41, 5.74) is 3.79. The minimum absolute atomic E-state index is 0.103. The van der Waals surface area contributed by atoms with Crippen molar-refractivity contribution >= 4 is 15.7 Å². The molecule has 0 saturated carbocycles. The molecule has 3 aromatic rings. The summed E-state index contributed by atoms with van der Waals surface area (Å²) in [5, 5.41) is 4.55. The van der Waals surface area contributed by atoms with Gasteiger partial charge in [-0.2, -0.15) is 17.9 Å². The Morgan fingerprint density at radius 3 is 2.07 bits per heavy atom. The van der Waals surface area contributed by atoms with Gasteiger partial charge in [0.1, 0.15) is 0 Å². The molecule has 1 unspecified atom stereocenters. The molecular formula is C22H20N2O2S. The minimum Gasteiger partial charge on any atom is -0.200 e. The standard InChI is InChI=1S/C22H20N2O2S/c1-17-12-14-20(15-13-17)27(25,26)24-16-21(18-8-4-2-5-9-18)22(23-24)19-10-6-3-7-11-19/h2-15,21H,16H2,1H3. The number of hydrogen-bond acceptors (Lipinski definition) is 3. The van der Waals surface area contributed by atoms with Crippen molar-refractivity contribution < 1.29 is 8.42 Å². The van der Waals surface area contributed by atoms with Gasteiger partial charge in [-0.1, -0.05) is 78.4 Å². The van der Waals surface area contributed by atoms with Gasteiger partial charge in [0, 0.05) is 5.92 Å². The fourth-order valence-corrected chi connectivity index (χ4v) is 4.54. The lowest BCUT2D eigenvalue weighted by molar-refractivity contribution is 0.451. The quantitative estimate of drug-likeness (QED) is 0.686. The van der Waals surface area contributed by atoms with Crippen LogP contribution in [-0.4, -0.2) is 25.1 Å². The van der Waals surface area contributed by atoms with Gasteiger partial charge in [0.05, 0.1) is 17.2 Å². The molecule has 0 aromatic heterocycles. The predicted octanol–water partition coefficient (Wildman–Crippen LogP) is 4.19. The molecule has 1 atom stereocenters. The first-order chi connectivity index (χ1) is 13.1. The predicted molar refractivity (Wildman–Crippen MR) is 107 cm³/mol. The van der Waals surface area contributed by atoms with E-state index in [1.54, 1.807) is 24.3 Å². The zero-order valence-electron chi connectivity index (χ0n) is 15.0. The molecule has 0 fully saturated rings. The van der Waals surface area contributed by atoms with Crippen LogP contribution in [-0.2, 0) is 10.0 Å². The molecule has 4 rings (SSSR count). The van der Waals surface area contributed by atoms with Crippen molar-refractivity contribution in [2.24, 2.45) is 5.10 Å². The van der Waals surface area contributed by atoms with Gasteiger partial charge >= 0.3 is 0 Å². The highest BCUT2D eigenvalue weighted by Crippen LogP contribution is 2.32. The second-order valence-corrected chi connectivity index (χ2v) is 8.48. The van der Waals surface area contributed by atoms with Gasteiger partial charge in [-0.05, 0) is 30.2 Å². The summed E-state index contributed by atoms with van der Waals surface area (Å²) in [6.45, 7) is 2.23. The van der Waals surface area contributed by atoms with E-state index >= 15 is 0 Å². The molecule has 0 saturated heterocycles. The Morgan fingerprint density at radius 2 is 1.44 bits per heavy atom. The van der Waals surface area contributed by atoms with E-state index in [-0.39, 0.29) is 10.8 Å². The zero-order valence-corrected chi connectivity index (χ0v) is 15.8. The van der Waals surface area contributed by atoms with Gasteiger partial charge in [-0.3, -0.25) is 0 Å². The Labute approximate surface area is 159 Å². The highest BCUT2D eigenvalue weighted by molar-refractivity contribution is 7.89. The summed E-state index contributed by atoms with van der Waals surface area (Å²) in [6.07, 6.45) is 0. The SMILES string of the molecule is Cc1ccc(S(=O)(=O)N2CC(c3ccccc3)C(c3ccccc3)=N2)cc1. The molecule has 1 aliphatic rings. The van der Waals surface area contributed by atoms with Crippen LogP contribution in [0.25, 0.3) is 0 Å². The van der Waals surface area contributed by atoms with Crippen molar-refractivity contribution in [1.82, 2.24) is 4.41 Å². The average molecular weight is 376 g/mol. The number of nitrogens with zero attached hydrogens (tertiary/aromatic N) is 2. The maximum Gasteiger partial charge on any atom is 0.279 e. The van der Waals surface area contributed by atoms with Gasteiger partial charge in [0.2, 0.25) is 0 Å². The number of rotatable bonds is 4. The maximum atomic E-state index is 13.1. The second kappa shape index (κ2) is 7.00. The molecule has 27 heavy (non-hydrogen) atoms. The topological polar surface area (TPSA) is 49.7 Å². The van der Waals surface area contributed by atoms with Gasteiger partial charge in [0.25, 0.3) is 10.0 Å². The molecular weight excluding hydrogens is 356 g/mol. The van der Waals surface area contributed by atoms with Crippen molar-refractivity contribution in [2.45, 2.75) is 17.7 Å². The summed E-state index contributed by atoms with van der Waals surface area (Å²) in [5.74, 6) is -0.103. The van der Waals surface area contributed by atoms with Crippen molar-refractivity contribution in [3.05, 3.63) is 102 Å².